The van der Waals surface area contributed by atoms with Crippen molar-refractivity contribution in [2.45, 2.75) is 19.3 Å². The molecule has 1 saturated heterocycles. The Balaban J connectivity index is 1.52. The van der Waals surface area contributed by atoms with E-state index in [2.05, 4.69) is 26.5 Å². The Morgan fingerprint density at radius 3 is 2.91 bits per heavy atom. The van der Waals surface area contributed by atoms with Crippen molar-refractivity contribution in [3.8, 4) is 0 Å². The molecule has 0 atom stereocenters. The zero-order valence-corrected chi connectivity index (χ0v) is 13.3. The summed E-state index contributed by atoms with van der Waals surface area (Å²) in [6.45, 7) is 3.34. The van der Waals surface area contributed by atoms with Crippen LogP contribution in [0.15, 0.2) is 35.8 Å². The molecule has 1 fully saturated rings. The molecule has 1 amide bonds. The van der Waals surface area contributed by atoms with Gasteiger partial charge in [-0.2, -0.15) is 5.10 Å². The molecule has 0 radical (unpaired) electrons. The van der Waals surface area contributed by atoms with Crippen molar-refractivity contribution < 1.29 is 4.79 Å². The monoisotopic (exact) mass is 316 g/mol. The van der Waals surface area contributed by atoms with Gasteiger partial charge in [0.15, 0.2) is 5.82 Å². The van der Waals surface area contributed by atoms with Gasteiger partial charge in [0.2, 0.25) is 5.91 Å². The van der Waals surface area contributed by atoms with Gasteiger partial charge < -0.3 is 9.80 Å². The summed E-state index contributed by atoms with van der Waals surface area (Å²) in [6.07, 6.45) is 4.11. The van der Waals surface area contributed by atoms with Crippen LogP contribution < -0.4 is 4.90 Å². The first kappa shape index (κ1) is 15.0. The first-order valence-corrected chi connectivity index (χ1v) is 8.54. The second-order valence-corrected chi connectivity index (χ2v) is 6.41. The first-order valence-electron chi connectivity index (χ1n) is 7.66. The third-order valence-electron chi connectivity index (χ3n) is 3.90. The van der Waals surface area contributed by atoms with Crippen LogP contribution >= 0.6 is 11.3 Å². The highest BCUT2D eigenvalue weighted by Crippen LogP contribution is 2.15. The highest BCUT2D eigenvalue weighted by atomic mass is 32.1. The number of thiophene rings is 1. The molecule has 116 valence electrons. The Hall–Kier alpha value is -1.95. The molecule has 22 heavy (non-hydrogen) atoms. The summed E-state index contributed by atoms with van der Waals surface area (Å²) in [7, 11) is 0. The number of carbonyl (C=O) groups excluding carboxylic acids is 1. The molecule has 2 aromatic rings. The lowest BCUT2D eigenvalue weighted by molar-refractivity contribution is -0.130. The van der Waals surface area contributed by atoms with Crippen LogP contribution in [-0.2, 0) is 11.2 Å². The molecule has 3 heterocycles. The molecule has 0 aliphatic carbocycles. The van der Waals surface area contributed by atoms with Gasteiger partial charge in [0, 0.05) is 43.7 Å². The number of amides is 1. The number of anilines is 1. The molecule has 6 heteroatoms. The number of hydrogen-bond acceptors (Lipinski definition) is 5. The van der Waals surface area contributed by atoms with Crippen molar-refractivity contribution in [2.75, 3.05) is 31.1 Å². The van der Waals surface area contributed by atoms with Gasteiger partial charge in [-0.15, -0.1) is 16.4 Å². The minimum atomic E-state index is 0.259. The number of rotatable bonds is 4. The molecule has 0 N–H and O–H groups in total. The van der Waals surface area contributed by atoms with E-state index >= 15 is 0 Å². The van der Waals surface area contributed by atoms with E-state index < -0.39 is 0 Å². The first-order chi connectivity index (χ1) is 10.8. The summed E-state index contributed by atoms with van der Waals surface area (Å²) in [5.74, 6) is 1.16. The number of nitrogens with zero attached hydrogens (tertiary/aromatic N) is 4. The summed E-state index contributed by atoms with van der Waals surface area (Å²) in [4.78, 5) is 17.9. The van der Waals surface area contributed by atoms with Gasteiger partial charge in [-0.05, 0) is 36.4 Å². The van der Waals surface area contributed by atoms with Crippen molar-refractivity contribution in [2.24, 2.45) is 0 Å². The van der Waals surface area contributed by atoms with E-state index in [1.807, 2.05) is 23.1 Å². The molecule has 1 aliphatic rings. The van der Waals surface area contributed by atoms with Gasteiger partial charge in [-0.3, -0.25) is 4.79 Å². The predicted octanol–water partition coefficient (Wildman–Crippen LogP) is 2.21. The molecule has 0 bridgehead atoms. The summed E-state index contributed by atoms with van der Waals surface area (Å²) in [5.41, 5.74) is 0. The average Bonchev–Trinajstić information content (AvgIpc) is 2.96. The van der Waals surface area contributed by atoms with Crippen LogP contribution in [0.4, 0.5) is 5.82 Å². The summed E-state index contributed by atoms with van der Waals surface area (Å²) in [6, 6.07) is 8.00. The number of hydrogen-bond donors (Lipinski definition) is 0. The lowest BCUT2D eigenvalue weighted by Crippen LogP contribution is -2.35. The Kier molecular flexibility index (Phi) is 5.00. The Morgan fingerprint density at radius 1 is 1.18 bits per heavy atom. The maximum absolute atomic E-state index is 12.4. The number of aromatic nitrogens is 2. The van der Waals surface area contributed by atoms with Crippen LogP contribution in [0.3, 0.4) is 0 Å². The van der Waals surface area contributed by atoms with Crippen molar-refractivity contribution in [1.29, 1.82) is 0 Å². The van der Waals surface area contributed by atoms with E-state index in [4.69, 9.17) is 0 Å². The van der Waals surface area contributed by atoms with Crippen LogP contribution in [0.5, 0.6) is 0 Å². The Labute approximate surface area is 134 Å². The van der Waals surface area contributed by atoms with Gasteiger partial charge in [0.05, 0.1) is 0 Å². The molecule has 5 nitrogen and oxygen atoms in total. The summed E-state index contributed by atoms with van der Waals surface area (Å²) in [5, 5.41) is 10.1. The Bertz CT molecular complexity index is 587. The molecule has 1 aliphatic heterocycles. The van der Waals surface area contributed by atoms with E-state index in [0.717, 1.165) is 44.8 Å². The number of carbonyl (C=O) groups is 1. The van der Waals surface area contributed by atoms with E-state index in [-0.39, 0.29) is 5.91 Å². The van der Waals surface area contributed by atoms with Crippen LogP contribution in [0, 0.1) is 0 Å². The fourth-order valence-electron chi connectivity index (χ4n) is 2.70. The van der Waals surface area contributed by atoms with Gasteiger partial charge >= 0.3 is 0 Å². The lowest BCUT2D eigenvalue weighted by atomic mass is 10.2. The van der Waals surface area contributed by atoms with E-state index in [1.54, 1.807) is 17.5 Å². The minimum absolute atomic E-state index is 0.259. The van der Waals surface area contributed by atoms with E-state index in [1.165, 1.54) is 4.88 Å². The quantitative estimate of drug-likeness (QED) is 0.868. The summed E-state index contributed by atoms with van der Waals surface area (Å²) >= 11 is 1.72. The van der Waals surface area contributed by atoms with Crippen LogP contribution in [0.25, 0.3) is 0 Å². The van der Waals surface area contributed by atoms with Crippen molar-refractivity contribution in [1.82, 2.24) is 15.1 Å². The maximum atomic E-state index is 12.4. The van der Waals surface area contributed by atoms with Crippen molar-refractivity contribution >= 4 is 23.1 Å². The fourth-order valence-corrected chi connectivity index (χ4v) is 3.41. The zero-order valence-electron chi connectivity index (χ0n) is 12.5. The van der Waals surface area contributed by atoms with Gasteiger partial charge in [-0.25, -0.2) is 0 Å². The smallest absolute Gasteiger partial charge is 0.222 e. The molecule has 0 unspecified atom stereocenters. The van der Waals surface area contributed by atoms with Gasteiger partial charge in [0.1, 0.15) is 0 Å². The van der Waals surface area contributed by atoms with Crippen molar-refractivity contribution in [3.63, 3.8) is 0 Å². The predicted molar refractivity (Wildman–Crippen MR) is 88.1 cm³/mol. The fraction of sp³-hybridized carbons (Fsp3) is 0.438. The topological polar surface area (TPSA) is 49.3 Å². The van der Waals surface area contributed by atoms with Crippen LogP contribution in [0.1, 0.15) is 17.7 Å². The second kappa shape index (κ2) is 7.35. The third-order valence-corrected chi connectivity index (χ3v) is 4.83. The molecule has 0 spiro atoms. The molecule has 3 rings (SSSR count). The molecule has 2 aromatic heterocycles. The van der Waals surface area contributed by atoms with E-state index in [0.29, 0.717) is 6.42 Å². The number of aryl methyl sites for hydroxylation is 1. The van der Waals surface area contributed by atoms with Crippen LogP contribution in [0.2, 0.25) is 0 Å². The molecule has 0 saturated carbocycles. The maximum Gasteiger partial charge on any atom is 0.222 e. The third kappa shape index (κ3) is 3.82. The average molecular weight is 316 g/mol. The second-order valence-electron chi connectivity index (χ2n) is 5.38. The molecular weight excluding hydrogens is 296 g/mol. The van der Waals surface area contributed by atoms with E-state index in [9.17, 15) is 4.79 Å². The highest BCUT2D eigenvalue weighted by molar-refractivity contribution is 7.09. The lowest BCUT2D eigenvalue weighted by Gasteiger charge is -2.22. The van der Waals surface area contributed by atoms with Gasteiger partial charge in [0.25, 0.3) is 0 Å². The normalized spacial score (nSPS) is 15.6. The van der Waals surface area contributed by atoms with Gasteiger partial charge in [-0.1, -0.05) is 6.07 Å². The summed E-state index contributed by atoms with van der Waals surface area (Å²) < 4.78 is 0. The van der Waals surface area contributed by atoms with Crippen molar-refractivity contribution in [3.05, 3.63) is 40.7 Å². The van der Waals surface area contributed by atoms with Crippen LogP contribution in [-0.4, -0.2) is 47.2 Å². The highest BCUT2D eigenvalue weighted by Gasteiger charge is 2.19. The largest absolute Gasteiger partial charge is 0.353 e. The Morgan fingerprint density at radius 2 is 2.14 bits per heavy atom. The molecular formula is C16H20N4OS. The zero-order chi connectivity index (χ0) is 15.2. The minimum Gasteiger partial charge on any atom is -0.353 e. The standard InChI is InChI=1S/C16H20N4OS/c21-16(7-6-14-4-2-13-22-14)20-10-3-9-19(11-12-20)15-5-1-8-17-18-15/h1-2,4-5,8,13H,3,6-7,9-12H2. The molecule has 0 aromatic carbocycles. The SMILES string of the molecule is O=C(CCc1cccs1)N1CCCN(c2cccnn2)CC1.